The van der Waals surface area contributed by atoms with Gasteiger partial charge in [0.2, 0.25) is 0 Å². The number of piperidine rings is 1. The largest absolute Gasteiger partial charge is 0.468 e. The molecule has 0 radical (unpaired) electrons. The molecule has 1 atom stereocenters. The fraction of sp³-hybridized carbons (Fsp3) is 0.450. The van der Waals surface area contributed by atoms with Gasteiger partial charge in [-0.3, -0.25) is 4.90 Å². The maximum atomic E-state index is 13.6. The number of amides is 2. The number of urea groups is 1. The minimum atomic E-state index is -0.241. The molecule has 3 rings (SSSR count). The van der Waals surface area contributed by atoms with Crippen molar-refractivity contribution in [3.63, 3.8) is 0 Å². The van der Waals surface area contributed by atoms with Crippen LogP contribution in [-0.4, -0.2) is 37.1 Å². The molecule has 0 spiro atoms. The molecular weight excluding hydrogens is 333 g/mol. The van der Waals surface area contributed by atoms with Gasteiger partial charge >= 0.3 is 6.03 Å². The van der Waals surface area contributed by atoms with E-state index in [2.05, 4.69) is 15.5 Å². The highest BCUT2D eigenvalue weighted by molar-refractivity contribution is 5.73. The molecule has 1 aliphatic rings. The van der Waals surface area contributed by atoms with E-state index in [1.54, 1.807) is 24.5 Å². The van der Waals surface area contributed by atoms with E-state index in [-0.39, 0.29) is 17.9 Å². The van der Waals surface area contributed by atoms with E-state index >= 15 is 0 Å². The quantitative estimate of drug-likeness (QED) is 0.796. The Balaban J connectivity index is 1.47. The molecule has 2 amide bonds. The molecule has 1 aliphatic heterocycles. The van der Waals surface area contributed by atoms with Crippen LogP contribution in [0.2, 0.25) is 0 Å². The van der Waals surface area contributed by atoms with E-state index in [0.717, 1.165) is 18.8 Å². The van der Waals surface area contributed by atoms with Gasteiger partial charge in [-0.1, -0.05) is 24.6 Å². The van der Waals surface area contributed by atoms with Crippen LogP contribution in [0.1, 0.15) is 36.6 Å². The number of nitrogens with one attached hydrogen (secondary N) is 2. The molecule has 1 saturated heterocycles. The van der Waals surface area contributed by atoms with Gasteiger partial charge in [0.15, 0.2) is 0 Å². The maximum Gasteiger partial charge on any atom is 0.314 e. The molecular formula is C20H26FN3O2. The Hall–Kier alpha value is -2.34. The van der Waals surface area contributed by atoms with Crippen molar-refractivity contribution in [2.45, 2.75) is 31.7 Å². The third-order valence-corrected chi connectivity index (χ3v) is 4.80. The number of hydrogen-bond donors (Lipinski definition) is 2. The molecule has 1 fully saturated rings. The van der Waals surface area contributed by atoms with Gasteiger partial charge < -0.3 is 15.1 Å². The molecule has 2 heterocycles. The monoisotopic (exact) mass is 359 g/mol. The number of hydrogen-bond acceptors (Lipinski definition) is 3. The maximum absolute atomic E-state index is 13.6. The fourth-order valence-corrected chi connectivity index (χ4v) is 3.38. The molecule has 1 unspecified atom stereocenters. The normalized spacial score (nSPS) is 16.2. The average Bonchev–Trinajstić information content (AvgIpc) is 3.19. The van der Waals surface area contributed by atoms with Gasteiger partial charge in [0, 0.05) is 13.1 Å². The van der Waals surface area contributed by atoms with Crippen molar-refractivity contribution in [2.75, 3.05) is 26.2 Å². The summed E-state index contributed by atoms with van der Waals surface area (Å²) >= 11 is 0. The number of benzene rings is 1. The van der Waals surface area contributed by atoms with Crippen LogP contribution in [0.25, 0.3) is 0 Å². The molecule has 140 valence electrons. The van der Waals surface area contributed by atoms with Gasteiger partial charge in [0.25, 0.3) is 0 Å². The Labute approximate surface area is 153 Å². The minimum absolute atomic E-state index is 0.0441. The number of furan rings is 1. The predicted molar refractivity (Wildman–Crippen MR) is 98.4 cm³/mol. The van der Waals surface area contributed by atoms with E-state index in [9.17, 15) is 9.18 Å². The van der Waals surface area contributed by atoms with Gasteiger partial charge in [-0.15, -0.1) is 0 Å². The van der Waals surface area contributed by atoms with E-state index in [1.807, 2.05) is 12.1 Å². The Kier molecular flexibility index (Phi) is 6.66. The predicted octanol–water partition coefficient (Wildman–Crippen LogP) is 3.49. The van der Waals surface area contributed by atoms with Gasteiger partial charge in [-0.05, 0) is 56.1 Å². The second-order valence-electron chi connectivity index (χ2n) is 6.61. The zero-order valence-electron chi connectivity index (χ0n) is 14.9. The van der Waals surface area contributed by atoms with Crippen LogP contribution in [0.5, 0.6) is 0 Å². The first-order valence-electron chi connectivity index (χ1n) is 9.26. The summed E-state index contributed by atoms with van der Waals surface area (Å²) in [6, 6.07) is 10.3. The highest BCUT2D eigenvalue weighted by Gasteiger charge is 2.24. The molecule has 0 aliphatic carbocycles. The van der Waals surface area contributed by atoms with Gasteiger partial charge in [-0.2, -0.15) is 0 Å². The van der Waals surface area contributed by atoms with E-state index < -0.39 is 0 Å². The molecule has 2 N–H and O–H groups in total. The number of carbonyl (C=O) groups excluding carboxylic acids is 1. The topological polar surface area (TPSA) is 57.5 Å². The lowest BCUT2D eigenvalue weighted by molar-refractivity contribution is 0.143. The lowest BCUT2D eigenvalue weighted by atomic mass is 10.1. The smallest absolute Gasteiger partial charge is 0.314 e. The molecule has 6 heteroatoms. The van der Waals surface area contributed by atoms with Gasteiger partial charge in [0.1, 0.15) is 11.6 Å². The van der Waals surface area contributed by atoms with Crippen molar-refractivity contribution in [3.8, 4) is 0 Å². The second-order valence-corrected chi connectivity index (χ2v) is 6.61. The van der Waals surface area contributed by atoms with Crippen LogP contribution < -0.4 is 10.6 Å². The Bertz CT molecular complexity index is 684. The standard InChI is InChI=1S/C20H26FN3O2/c21-17-8-3-2-7-16(17)10-11-22-20(25)23-15-18(19-9-6-14-26-19)24-12-4-1-5-13-24/h2-3,6-9,14,18H,1,4-5,10-13,15H2,(H2,22,23,25). The minimum Gasteiger partial charge on any atom is -0.468 e. The van der Waals surface area contributed by atoms with E-state index in [0.29, 0.717) is 25.1 Å². The van der Waals surface area contributed by atoms with Crippen LogP contribution in [0.15, 0.2) is 47.1 Å². The molecule has 1 aromatic carbocycles. The number of halogens is 1. The van der Waals surface area contributed by atoms with E-state index in [4.69, 9.17) is 4.42 Å². The van der Waals surface area contributed by atoms with Crippen LogP contribution >= 0.6 is 0 Å². The van der Waals surface area contributed by atoms with Crippen LogP contribution in [0, 0.1) is 5.82 Å². The van der Waals surface area contributed by atoms with Gasteiger partial charge in [-0.25, -0.2) is 9.18 Å². The van der Waals surface area contributed by atoms with Crippen LogP contribution in [0.4, 0.5) is 9.18 Å². The first-order valence-corrected chi connectivity index (χ1v) is 9.26. The van der Waals surface area contributed by atoms with Gasteiger partial charge in [0.05, 0.1) is 12.3 Å². The summed E-state index contributed by atoms with van der Waals surface area (Å²) in [5, 5.41) is 5.72. The number of carbonyl (C=O) groups is 1. The van der Waals surface area contributed by atoms with Crippen molar-refractivity contribution >= 4 is 6.03 Å². The van der Waals surface area contributed by atoms with Crippen molar-refractivity contribution in [1.29, 1.82) is 0 Å². The average molecular weight is 359 g/mol. The molecule has 5 nitrogen and oxygen atoms in total. The lowest BCUT2D eigenvalue weighted by Crippen LogP contribution is -2.44. The van der Waals surface area contributed by atoms with Crippen molar-refractivity contribution in [1.82, 2.24) is 15.5 Å². The summed E-state index contributed by atoms with van der Waals surface area (Å²) < 4.78 is 19.2. The Morgan fingerprint density at radius 3 is 2.65 bits per heavy atom. The van der Waals surface area contributed by atoms with Crippen LogP contribution in [0.3, 0.4) is 0 Å². The zero-order chi connectivity index (χ0) is 18.2. The molecule has 0 saturated carbocycles. The summed E-state index contributed by atoms with van der Waals surface area (Å²) in [5.74, 6) is 0.635. The van der Waals surface area contributed by atoms with Crippen molar-refractivity contribution in [2.24, 2.45) is 0 Å². The molecule has 26 heavy (non-hydrogen) atoms. The van der Waals surface area contributed by atoms with Crippen molar-refractivity contribution < 1.29 is 13.6 Å². The van der Waals surface area contributed by atoms with E-state index in [1.165, 1.54) is 25.3 Å². The third-order valence-electron chi connectivity index (χ3n) is 4.80. The third kappa shape index (κ3) is 5.08. The Morgan fingerprint density at radius 1 is 1.12 bits per heavy atom. The Morgan fingerprint density at radius 2 is 1.92 bits per heavy atom. The summed E-state index contributed by atoms with van der Waals surface area (Å²) in [4.78, 5) is 14.5. The SMILES string of the molecule is O=C(NCCc1ccccc1F)NCC(c1ccco1)N1CCCCC1. The molecule has 1 aromatic heterocycles. The number of nitrogens with zero attached hydrogens (tertiary/aromatic N) is 1. The highest BCUT2D eigenvalue weighted by atomic mass is 19.1. The zero-order valence-corrected chi connectivity index (χ0v) is 14.9. The summed E-state index contributed by atoms with van der Waals surface area (Å²) in [6.07, 6.45) is 5.73. The van der Waals surface area contributed by atoms with Crippen molar-refractivity contribution in [3.05, 3.63) is 59.8 Å². The number of likely N-dealkylation sites (tertiary alicyclic amines) is 1. The molecule has 0 bridgehead atoms. The molecule has 2 aromatic rings. The number of rotatable bonds is 7. The summed E-state index contributed by atoms with van der Waals surface area (Å²) in [6.45, 7) is 2.91. The second kappa shape index (κ2) is 9.38. The first kappa shape index (κ1) is 18.5. The first-order chi connectivity index (χ1) is 12.7. The fourth-order valence-electron chi connectivity index (χ4n) is 3.38. The summed E-state index contributed by atoms with van der Waals surface area (Å²) in [7, 11) is 0. The summed E-state index contributed by atoms with van der Waals surface area (Å²) in [5.41, 5.74) is 0.606. The van der Waals surface area contributed by atoms with Crippen LogP contribution in [-0.2, 0) is 6.42 Å². The lowest BCUT2D eigenvalue weighted by Gasteiger charge is -2.33. The highest BCUT2D eigenvalue weighted by Crippen LogP contribution is 2.24.